The number of nitro groups is 1. The molecule has 0 radical (unpaired) electrons. The van der Waals surface area contributed by atoms with Crippen molar-refractivity contribution in [3.63, 3.8) is 0 Å². The van der Waals surface area contributed by atoms with E-state index in [4.69, 9.17) is 10.5 Å². The summed E-state index contributed by atoms with van der Waals surface area (Å²) in [7, 11) is 1.63. The smallest absolute Gasteiger partial charge is 0.311 e. The molecule has 0 spiro atoms. The Morgan fingerprint density at radius 2 is 2.10 bits per heavy atom. The van der Waals surface area contributed by atoms with Crippen LogP contribution in [0.1, 0.15) is 5.56 Å². The maximum Gasteiger partial charge on any atom is 0.311 e. The summed E-state index contributed by atoms with van der Waals surface area (Å²) in [6, 6.07) is 10.2. The number of nitrogens with one attached hydrogen (secondary N) is 1. The Morgan fingerprint density at radius 1 is 1.33 bits per heavy atom. The number of anilines is 3. The lowest BCUT2D eigenvalue weighted by Gasteiger charge is -2.11. The molecule has 21 heavy (non-hydrogen) atoms. The molecule has 0 atom stereocenters. The summed E-state index contributed by atoms with van der Waals surface area (Å²) in [5.41, 5.74) is 7.22. The van der Waals surface area contributed by atoms with Crippen molar-refractivity contribution < 1.29 is 9.66 Å². The molecule has 7 nitrogen and oxygen atoms in total. The lowest BCUT2D eigenvalue weighted by atomic mass is 10.1. The molecule has 2 rings (SSSR count). The maximum absolute atomic E-state index is 11.0. The van der Waals surface area contributed by atoms with Gasteiger partial charge in [0.15, 0.2) is 0 Å². The first-order valence-electron chi connectivity index (χ1n) is 6.36. The molecule has 1 heterocycles. The molecule has 0 aliphatic rings. The predicted octanol–water partition coefficient (Wildman–Crippen LogP) is 2.50. The largest absolute Gasteiger partial charge is 0.384 e. The molecule has 1 aromatic heterocycles. The topological polar surface area (TPSA) is 103 Å². The molecule has 0 saturated heterocycles. The number of nitrogens with two attached hydrogens (primary N) is 1. The third-order valence-electron chi connectivity index (χ3n) is 2.94. The summed E-state index contributed by atoms with van der Waals surface area (Å²) < 4.78 is 5.06. The zero-order chi connectivity index (χ0) is 15.2. The summed E-state index contributed by atoms with van der Waals surface area (Å²) >= 11 is 0. The Labute approximate surface area is 121 Å². The van der Waals surface area contributed by atoms with Crippen LogP contribution >= 0.6 is 0 Å². The van der Waals surface area contributed by atoms with Gasteiger partial charge in [-0.05, 0) is 24.1 Å². The highest BCUT2D eigenvalue weighted by Gasteiger charge is 2.16. The number of methoxy groups -OCH3 is 1. The lowest BCUT2D eigenvalue weighted by molar-refractivity contribution is -0.384. The monoisotopic (exact) mass is 288 g/mol. The molecule has 0 saturated carbocycles. The van der Waals surface area contributed by atoms with Crippen LogP contribution < -0.4 is 11.1 Å². The number of nitrogens with zero attached hydrogens (tertiary/aromatic N) is 2. The number of rotatable bonds is 6. The molecule has 2 aromatic rings. The fourth-order valence-corrected chi connectivity index (χ4v) is 1.91. The number of pyridine rings is 1. The SMILES string of the molecule is COCCc1ccccc1Nc1nc(N)ccc1[N+](=O)[O-]. The van der Waals surface area contributed by atoms with E-state index in [-0.39, 0.29) is 17.3 Å². The third kappa shape index (κ3) is 3.67. The Balaban J connectivity index is 2.34. The van der Waals surface area contributed by atoms with E-state index in [9.17, 15) is 10.1 Å². The summed E-state index contributed by atoms with van der Waals surface area (Å²) in [6.45, 7) is 0.561. The van der Waals surface area contributed by atoms with E-state index in [1.165, 1.54) is 12.1 Å². The third-order valence-corrected chi connectivity index (χ3v) is 2.94. The van der Waals surface area contributed by atoms with Gasteiger partial charge in [-0.1, -0.05) is 18.2 Å². The molecule has 0 unspecified atom stereocenters. The van der Waals surface area contributed by atoms with Gasteiger partial charge in [0.1, 0.15) is 5.82 Å². The van der Waals surface area contributed by atoms with E-state index >= 15 is 0 Å². The maximum atomic E-state index is 11.0. The van der Waals surface area contributed by atoms with Gasteiger partial charge in [0, 0.05) is 18.9 Å². The first kappa shape index (κ1) is 14.7. The molecular weight excluding hydrogens is 272 g/mol. The van der Waals surface area contributed by atoms with Gasteiger partial charge >= 0.3 is 5.69 Å². The Kier molecular flexibility index (Phi) is 4.68. The van der Waals surface area contributed by atoms with Crippen LogP contribution in [0.5, 0.6) is 0 Å². The van der Waals surface area contributed by atoms with Crippen molar-refractivity contribution in [2.24, 2.45) is 0 Å². The minimum absolute atomic E-state index is 0.120. The molecule has 0 aliphatic heterocycles. The average molecular weight is 288 g/mol. The Bertz CT molecular complexity index is 646. The molecule has 0 bridgehead atoms. The van der Waals surface area contributed by atoms with Crippen molar-refractivity contribution in [1.29, 1.82) is 0 Å². The number of benzene rings is 1. The van der Waals surface area contributed by atoms with Crippen LogP contribution in [0.3, 0.4) is 0 Å². The summed E-state index contributed by atoms with van der Waals surface area (Å²) in [5, 5.41) is 14.0. The van der Waals surface area contributed by atoms with Gasteiger partial charge in [0.25, 0.3) is 0 Å². The van der Waals surface area contributed by atoms with E-state index < -0.39 is 4.92 Å². The van der Waals surface area contributed by atoms with E-state index in [2.05, 4.69) is 10.3 Å². The van der Waals surface area contributed by atoms with Crippen LogP contribution in [0.25, 0.3) is 0 Å². The van der Waals surface area contributed by atoms with Gasteiger partial charge in [-0.15, -0.1) is 0 Å². The van der Waals surface area contributed by atoms with Crippen molar-refractivity contribution in [1.82, 2.24) is 4.98 Å². The molecular formula is C14H16N4O3. The highest BCUT2D eigenvalue weighted by atomic mass is 16.6. The molecule has 0 fully saturated rings. The normalized spacial score (nSPS) is 10.3. The van der Waals surface area contributed by atoms with Crippen molar-refractivity contribution in [2.45, 2.75) is 6.42 Å². The molecule has 1 aromatic carbocycles. The first-order chi connectivity index (χ1) is 10.1. The molecule has 7 heteroatoms. The first-order valence-corrected chi connectivity index (χ1v) is 6.36. The van der Waals surface area contributed by atoms with Crippen molar-refractivity contribution in [3.8, 4) is 0 Å². The molecule has 3 N–H and O–H groups in total. The highest BCUT2D eigenvalue weighted by Crippen LogP contribution is 2.28. The zero-order valence-corrected chi connectivity index (χ0v) is 11.6. The van der Waals surface area contributed by atoms with E-state index in [1.54, 1.807) is 7.11 Å². The van der Waals surface area contributed by atoms with E-state index in [1.807, 2.05) is 24.3 Å². The lowest BCUT2D eigenvalue weighted by Crippen LogP contribution is -2.05. The predicted molar refractivity (Wildman–Crippen MR) is 80.6 cm³/mol. The number of hydrogen-bond acceptors (Lipinski definition) is 6. The summed E-state index contributed by atoms with van der Waals surface area (Å²) in [6.07, 6.45) is 0.690. The average Bonchev–Trinajstić information content (AvgIpc) is 2.46. The number of hydrogen-bond donors (Lipinski definition) is 2. The quantitative estimate of drug-likeness (QED) is 0.625. The van der Waals surface area contributed by atoms with Crippen LogP contribution in [0.4, 0.5) is 23.0 Å². The fourth-order valence-electron chi connectivity index (χ4n) is 1.91. The molecule has 0 aliphatic carbocycles. The number of nitrogen functional groups attached to an aromatic ring is 1. The molecule has 0 amide bonds. The van der Waals surface area contributed by atoms with Gasteiger partial charge in [0.05, 0.1) is 11.5 Å². The van der Waals surface area contributed by atoms with Crippen molar-refractivity contribution in [3.05, 3.63) is 52.1 Å². The molecule has 110 valence electrons. The van der Waals surface area contributed by atoms with Crippen molar-refractivity contribution >= 4 is 23.0 Å². The Morgan fingerprint density at radius 3 is 2.81 bits per heavy atom. The van der Waals surface area contributed by atoms with E-state index in [0.29, 0.717) is 13.0 Å². The van der Waals surface area contributed by atoms with Crippen LogP contribution in [0.15, 0.2) is 36.4 Å². The zero-order valence-electron chi connectivity index (χ0n) is 11.6. The number of para-hydroxylation sites is 1. The van der Waals surface area contributed by atoms with Gasteiger partial charge in [-0.2, -0.15) is 0 Å². The summed E-state index contributed by atoms with van der Waals surface area (Å²) in [5.74, 6) is 0.349. The van der Waals surface area contributed by atoms with Crippen LogP contribution in [-0.4, -0.2) is 23.6 Å². The standard InChI is InChI=1S/C14H16N4O3/c1-21-9-8-10-4-2-3-5-11(10)16-14-12(18(19)20)6-7-13(15)17-14/h2-7H,8-9H2,1H3,(H3,15,16,17). The van der Waals surface area contributed by atoms with Gasteiger partial charge in [-0.25, -0.2) is 4.98 Å². The minimum atomic E-state index is -0.494. The Hall–Kier alpha value is -2.67. The number of aromatic nitrogens is 1. The summed E-state index contributed by atoms with van der Waals surface area (Å²) in [4.78, 5) is 14.6. The van der Waals surface area contributed by atoms with Crippen LogP contribution in [-0.2, 0) is 11.2 Å². The van der Waals surface area contributed by atoms with Gasteiger partial charge in [0.2, 0.25) is 5.82 Å². The van der Waals surface area contributed by atoms with E-state index in [0.717, 1.165) is 11.3 Å². The van der Waals surface area contributed by atoms with Gasteiger partial charge < -0.3 is 15.8 Å². The second-order valence-electron chi connectivity index (χ2n) is 4.39. The van der Waals surface area contributed by atoms with Crippen LogP contribution in [0.2, 0.25) is 0 Å². The minimum Gasteiger partial charge on any atom is -0.384 e. The fraction of sp³-hybridized carbons (Fsp3) is 0.214. The second kappa shape index (κ2) is 6.67. The van der Waals surface area contributed by atoms with Crippen LogP contribution in [0, 0.1) is 10.1 Å². The van der Waals surface area contributed by atoms with Crippen molar-refractivity contribution in [2.75, 3.05) is 24.8 Å². The second-order valence-corrected chi connectivity index (χ2v) is 4.39. The number of ether oxygens (including phenoxy) is 1. The van der Waals surface area contributed by atoms with Gasteiger partial charge in [-0.3, -0.25) is 10.1 Å². The highest BCUT2D eigenvalue weighted by molar-refractivity contribution is 5.69.